The monoisotopic (exact) mass is 242 g/mol. The van der Waals surface area contributed by atoms with Gasteiger partial charge in [0.15, 0.2) is 0 Å². The lowest BCUT2D eigenvalue weighted by molar-refractivity contribution is 0.363. The smallest absolute Gasteiger partial charge is 0.123 e. The van der Waals surface area contributed by atoms with E-state index in [1.165, 1.54) is 6.08 Å². The molecule has 3 nitrogen and oxygen atoms in total. The second-order valence-corrected chi connectivity index (χ2v) is 4.10. The maximum Gasteiger partial charge on any atom is 0.123 e. The van der Waals surface area contributed by atoms with Gasteiger partial charge >= 0.3 is 0 Å². The molecule has 0 amide bonds. The molecule has 0 aliphatic heterocycles. The summed E-state index contributed by atoms with van der Waals surface area (Å²) in [6.45, 7) is 0.407. The van der Waals surface area contributed by atoms with E-state index in [4.69, 9.17) is 10.00 Å². The zero-order valence-electron chi connectivity index (χ0n) is 9.04. The molecule has 0 bridgehead atoms. The van der Waals surface area contributed by atoms with E-state index in [-0.39, 0.29) is 0 Å². The van der Waals surface area contributed by atoms with Crippen molar-refractivity contribution in [1.29, 1.82) is 5.26 Å². The standard InChI is InChI=1S/C13H10N2OS/c14-7-1-2-9-16-12-5-3-11(4-6-12)13-15-8-10-17-13/h1-6,8,10H,9H2. The number of ether oxygens (including phenoxy) is 1. The van der Waals surface area contributed by atoms with Crippen LogP contribution in [0.25, 0.3) is 10.6 Å². The zero-order chi connectivity index (χ0) is 11.9. The van der Waals surface area contributed by atoms with Gasteiger partial charge in [0.05, 0.1) is 6.07 Å². The number of hydrogen-bond acceptors (Lipinski definition) is 4. The molecule has 0 saturated heterocycles. The van der Waals surface area contributed by atoms with Crippen molar-refractivity contribution in [1.82, 2.24) is 4.98 Å². The van der Waals surface area contributed by atoms with Gasteiger partial charge in [-0.05, 0) is 30.3 Å². The number of benzene rings is 1. The molecule has 0 aliphatic rings. The number of nitrogens with zero attached hydrogens (tertiary/aromatic N) is 2. The van der Waals surface area contributed by atoms with Gasteiger partial charge < -0.3 is 4.74 Å². The maximum absolute atomic E-state index is 8.31. The third kappa shape index (κ3) is 3.16. The van der Waals surface area contributed by atoms with Crippen molar-refractivity contribution in [2.75, 3.05) is 6.61 Å². The van der Waals surface area contributed by atoms with Crippen molar-refractivity contribution in [2.24, 2.45) is 0 Å². The minimum atomic E-state index is 0.407. The summed E-state index contributed by atoms with van der Waals surface area (Å²) >= 11 is 1.61. The van der Waals surface area contributed by atoms with Crippen molar-refractivity contribution >= 4 is 11.3 Å². The first kappa shape index (κ1) is 11.4. The van der Waals surface area contributed by atoms with E-state index in [0.29, 0.717) is 6.61 Å². The van der Waals surface area contributed by atoms with Gasteiger partial charge in [0, 0.05) is 23.2 Å². The first-order chi connectivity index (χ1) is 8.40. The molecule has 4 heteroatoms. The predicted molar refractivity (Wildman–Crippen MR) is 67.8 cm³/mol. The van der Waals surface area contributed by atoms with Gasteiger partial charge in [-0.25, -0.2) is 4.98 Å². The summed E-state index contributed by atoms with van der Waals surface area (Å²) in [5, 5.41) is 11.3. The molecule has 0 atom stereocenters. The minimum Gasteiger partial charge on any atom is -0.490 e. The molecule has 0 spiro atoms. The molecule has 1 aromatic carbocycles. The molecule has 84 valence electrons. The summed E-state index contributed by atoms with van der Waals surface area (Å²) in [5.74, 6) is 0.785. The second-order valence-electron chi connectivity index (χ2n) is 3.20. The number of hydrogen-bond donors (Lipinski definition) is 0. The molecule has 0 saturated carbocycles. The van der Waals surface area contributed by atoms with Gasteiger partial charge in [-0.3, -0.25) is 0 Å². The van der Waals surface area contributed by atoms with Crippen molar-refractivity contribution in [3.8, 4) is 22.4 Å². The minimum absolute atomic E-state index is 0.407. The lowest BCUT2D eigenvalue weighted by Crippen LogP contribution is -1.92. The highest BCUT2D eigenvalue weighted by molar-refractivity contribution is 7.13. The maximum atomic E-state index is 8.31. The first-order valence-electron chi connectivity index (χ1n) is 5.07. The van der Waals surface area contributed by atoms with E-state index in [9.17, 15) is 0 Å². The Morgan fingerprint density at radius 3 is 2.82 bits per heavy atom. The highest BCUT2D eigenvalue weighted by atomic mass is 32.1. The molecule has 0 radical (unpaired) electrons. The number of allylic oxidation sites excluding steroid dienone is 1. The van der Waals surface area contributed by atoms with E-state index < -0.39 is 0 Å². The normalized spacial score (nSPS) is 10.3. The molecular formula is C13H10N2OS. The van der Waals surface area contributed by atoms with Crippen LogP contribution in [0.3, 0.4) is 0 Å². The van der Waals surface area contributed by atoms with Crippen LogP contribution < -0.4 is 4.74 Å². The quantitative estimate of drug-likeness (QED) is 0.773. The Bertz CT molecular complexity index is 524. The highest BCUT2D eigenvalue weighted by Gasteiger charge is 1.99. The SMILES string of the molecule is N#CC=CCOc1ccc(-c2nccs2)cc1. The fraction of sp³-hybridized carbons (Fsp3) is 0.0769. The van der Waals surface area contributed by atoms with Crippen LogP contribution in [0, 0.1) is 11.3 Å². The summed E-state index contributed by atoms with van der Waals surface area (Å²) in [6, 6.07) is 9.66. The van der Waals surface area contributed by atoms with Gasteiger partial charge in [-0.2, -0.15) is 5.26 Å². The molecule has 1 heterocycles. The van der Waals surface area contributed by atoms with E-state index in [1.54, 1.807) is 23.6 Å². The summed E-state index contributed by atoms with van der Waals surface area (Å²) in [5.41, 5.74) is 1.08. The van der Waals surface area contributed by atoms with Gasteiger partial charge in [-0.15, -0.1) is 11.3 Å². The Balaban J connectivity index is 1.99. The summed E-state index contributed by atoms with van der Waals surface area (Å²) in [7, 11) is 0. The Morgan fingerprint density at radius 2 is 2.18 bits per heavy atom. The lowest BCUT2D eigenvalue weighted by atomic mass is 10.2. The first-order valence-corrected chi connectivity index (χ1v) is 5.95. The van der Waals surface area contributed by atoms with Gasteiger partial charge in [0.2, 0.25) is 0 Å². The van der Waals surface area contributed by atoms with Crippen LogP contribution in [0.15, 0.2) is 48.0 Å². The van der Waals surface area contributed by atoms with E-state index in [2.05, 4.69) is 4.98 Å². The third-order valence-corrected chi connectivity index (χ3v) is 2.89. The van der Waals surface area contributed by atoms with Crippen molar-refractivity contribution in [3.63, 3.8) is 0 Å². The molecule has 0 unspecified atom stereocenters. The number of thiazole rings is 1. The predicted octanol–water partition coefficient (Wildman–Crippen LogP) is 3.27. The molecule has 0 aliphatic carbocycles. The number of nitriles is 1. The van der Waals surface area contributed by atoms with Crippen molar-refractivity contribution in [2.45, 2.75) is 0 Å². The van der Waals surface area contributed by atoms with Crippen LogP contribution in [0.1, 0.15) is 0 Å². The molecule has 17 heavy (non-hydrogen) atoms. The fourth-order valence-electron chi connectivity index (χ4n) is 1.30. The Hall–Kier alpha value is -2.12. The second kappa shape index (κ2) is 5.83. The summed E-state index contributed by atoms with van der Waals surface area (Å²) in [4.78, 5) is 4.23. The molecule has 0 fully saturated rings. The lowest BCUT2D eigenvalue weighted by Gasteiger charge is -2.03. The van der Waals surface area contributed by atoms with Crippen LogP contribution in [0.4, 0.5) is 0 Å². The van der Waals surface area contributed by atoms with Gasteiger partial charge in [0.1, 0.15) is 17.4 Å². The van der Waals surface area contributed by atoms with E-state index in [1.807, 2.05) is 35.7 Å². The van der Waals surface area contributed by atoms with Crippen LogP contribution in [0.2, 0.25) is 0 Å². The zero-order valence-corrected chi connectivity index (χ0v) is 9.85. The van der Waals surface area contributed by atoms with E-state index in [0.717, 1.165) is 16.3 Å². The van der Waals surface area contributed by atoms with E-state index >= 15 is 0 Å². The number of aromatic nitrogens is 1. The average molecular weight is 242 g/mol. The molecule has 1 aromatic heterocycles. The van der Waals surface area contributed by atoms with Crippen LogP contribution in [-0.2, 0) is 0 Å². The van der Waals surface area contributed by atoms with Crippen LogP contribution >= 0.6 is 11.3 Å². The highest BCUT2D eigenvalue weighted by Crippen LogP contribution is 2.23. The Labute approximate surface area is 104 Å². The van der Waals surface area contributed by atoms with Gasteiger partial charge in [-0.1, -0.05) is 0 Å². The summed E-state index contributed by atoms with van der Waals surface area (Å²) < 4.78 is 5.43. The summed E-state index contributed by atoms with van der Waals surface area (Å²) in [6.07, 6.45) is 4.87. The Morgan fingerprint density at radius 1 is 1.35 bits per heavy atom. The van der Waals surface area contributed by atoms with Crippen molar-refractivity contribution < 1.29 is 4.74 Å². The topological polar surface area (TPSA) is 45.9 Å². The molecule has 0 N–H and O–H groups in total. The largest absolute Gasteiger partial charge is 0.490 e. The van der Waals surface area contributed by atoms with Crippen molar-refractivity contribution in [3.05, 3.63) is 48.0 Å². The van der Waals surface area contributed by atoms with Crippen LogP contribution in [-0.4, -0.2) is 11.6 Å². The third-order valence-electron chi connectivity index (χ3n) is 2.07. The molecular weight excluding hydrogens is 232 g/mol. The molecule has 2 aromatic rings. The fourth-order valence-corrected chi connectivity index (χ4v) is 1.95. The Kier molecular flexibility index (Phi) is 3.90. The average Bonchev–Trinajstić information content (AvgIpc) is 2.89. The molecule has 2 rings (SSSR count). The van der Waals surface area contributed by atoms with Gasteiger partial charge in [0.25, 0.3) is 0 Å². The number of rotatable bonds is 4. The van der Waals surface area contributed by atoms with Crippen LogP contribution in [0.5, 0.6) is 5.75 Å².